The van der Waals surface area contributed by atoms with Crippen LogP contribution in [-0.2, 0) is 19.5 Å². The maximum atomic E-state index is 3.60. The Bertz CT molecular complexity index is 199. The third-order valence-corrected chi connectivity index (χ3v) is 1.76. The Morgan fingerprint density at radius 3 is 1.93 bits per heavy atom. The van der Waals surface area contributed by atoms with Gasteiger partial charge in [0.1, 0.15) is 0 Å². The van der Waals surface area contributed by atoms with Crippen molar-refractivity contribution in [2.75, 3.05) is 0 Å². The van der Waals surface area contributed by atoms with Crippen molar-refractivity contribution in [3.63, 3.8) is 0 Å². The average Bonchev–Trinajstić information content (AvgIpc) is 2.19. The number of hydrogen-bond acceptors (Lipinski definition) is 0. The van der Waals surface area contributed by atoms with E-state index in [1.165, 1.54) is 17.5 Å². The van der Waals surface area contributed by atoms with E-state index in [4.69, 9.17) is 0 Å². The third-order valence-electron chi connectivity index (χ3n) is 1.76. The average molecular weight is 242 g/mol. The van der Waals surface area contributed by atoms with Gasteiger partial charge in [-0.2, -0.15) is 30.5 Å². The molecule has 0 N–H and O–H groups in total. The Kier molecular flexibility index (Phi) is 12.5. The SMILES string of the molecule is C[CH-]c1ccc(C)cc1.[CH2-]CCC.[Zn+2]. The van der Waals surface area contributed by atoms with Crippen LogP contribution < -0.4 is 0 Å². The molecule has 0 fully saturated rings. The van der Waals surface area contributed by atoms with Gasteiger partial charge in [-0.3, -0.25) is 0 Å². The molecule has 1 rings (SSSR count). The zero-order valence-corrected chi connectivity index (χ0v) is 12.7. The third kappa shape index (κ3) is 8.32. The molecule has 0 aliphatic carbocycles. The summed E-state index contributed by atoms with van der Waals surface area (Å²) < 4.78 is 0. The molecule has 0 nitrogen and oxygen atoms in total. The zero-order chi connectivity index (χ0) is 10.1. The fourth-order valence-corrected chi connectivity index (χ4v) is 0.759. The van der Waals surface area contributed by atoms with Crippen LogP contribution in [0.5, 0.6) is 0 Å². The molecule has 0 saturated heterocycles. The first-order valence-electron chi connectivity index (χ1n) is 4.89. The van der Waals surface area contributed by atoms with Gasteiger partial charge < -0.3 is 6.92 Å². The fourth-order valence-electron chi connectivity index (χ4n) is 0.759. The molecule has 0 unspecified atom stereocenters. The largest absolute Gasteiger partial charge is 2.00 e. The van der Waals surface area contributed by atoms with Crippen molar-refractivity contribution in [3.05, 3.63) is 48.7 Å². The second-order valence-electron chi connectivity index (χ2n) is 3.05. The van der Waals surface area contributed by atoms with Gasteiger partial charge in [0.05, 0.1) is 0 Å². The first-order chi connectivity index (χ1) is 6.24. The molecule has 1 aromatic rings. The summed E-state index contributed by atoms with van der Waals surface area (Å²) in [6.07, 6.45) is 4.37. The number of rotatable bonds is 2. The van der Waals surface area contributed by atoms with E-state index < -0.39 is 0 Å². The van der Waals surface area contributed by atoms with Crippen LogP contribution in [-0.4, -0.2) is 0 Å². The number of aryl methyl sites for hydroxylation is 1. The van der Waals surface area contributed by atoms with E-state index in [1.54, 1.807) is 0 Å². The van der Waals surface area contributed by atoms with Crippen molar-refractivity contribution in [1.82, 2.24) is 0 Å². The first kappa shape index (κ1) is 16.2. The summed E-state index contributed by atoms with van der Waals surface area (Å²) >= 11 is 0. The van der Waals surface area contributed by atoms with Crippen molar-refractivity contribution in [1.29, 1.82) is 0 Å². The molecule has 0 amide bonds. The molecule has 0 saturated carbocycles. The summed E-state index contributed by atoms with van der Waals surface area (Å²) in [5.74, 6) is 0. The molecule has 0 atom stereocenters. The van der Waals surface area contributed by atoms with E-state index in [0.29, 0.717) is 0 Å². The topological polar surface area (TPSA) is 0 Å². The Hall–Kier alpha value is -0.287. The first-order valence-corrected chi connectivity index (χ1v) is 4.89. The van der Waals surface area contributed by atoms with Crippen LogP contribution in [0.2, 0.25) is 0 Å². The Morgan fingerprint density at radius 2 is 1.64 bits per heavy atom. The molecular formula is C13H20Zn. The van der Waals surface area contributed by atoms with Crippen LogP contribution in [0, 0.1) is 20.3 Å². The van der Waals surface area contributed by atoms with Gasteiger partial charge in [0, 0.05) is 0 Å². The Morgan fingerprint density at radius 1 is 1.21 bits per heavy atom. The zero-order valence-electron chi connectivity index (χ0n) is 9.72. The van der Waals surface area contributed by atoms with Crippen LogP contribution in [0.15, 0.2) is 24.3 Å². The second kappa shape index (κ2) is 10.8. The fraction of sp³-hybridized carbons (Fsp3) is 0.385. The maximum Gasteiger partial charge on any atom is 2.00 e. The standard InChI is InChI=1S/C9H11.C4H9.Zn/c1-3-9-6-4-8(2)5-7-9;1-3-4-2;/h3-7H,1-2H3;1,3-4H2,2H3;/q2*-1;+2. The van der Waals surface area contributed by atoms with Gasteiger partial charge in [-0.15, -0.1) is 12.1 Å². The van der Waals surface area contributed by atoms with Crippen molar-refractivity contribution < 1.29 is 19.5 Å². The van der Waals surface area contributed by atoms with Crippen LogP contribution >= 0.6 is 0 Å². The summed E-state index contributed by atoms with van der Waals surface area (Å²) in [4.78, 5) is 0. The van der Waals surface area contributed by atoms with E-state index >= 15 is 0 Å². The minimum Gasteiger partial charge on any atom is -0.343 e. The molecular weight excluding hydrogens is 222 g/mol. The van der Waals surface area contributed by atoms with Gasteiger partial charge in [-0.1, -0.05) is 25.8 Å². The summed E-state index contributed by atoms with van der Waals surface area (Å²) in [5, 5.41) is 0. The quantitative estimate of drug-likeness (QED) is 0.538. The molecule has 0 bridgehead atoms. The Balaban J connectivity index is 0. The normalized spacial score (nSPS) is 8.00. The number of unbranched alkanes of at least 4 members (excludes halogenated alkanes) is 1. The number of benzene rings is 1. The van der Waals surface area contributed by atoms with Crippen molar-refractivity contribution >= 4 is 0 Å². The predicted molar refractivity (Wildman–Crippen MR) is 60.5 cm³/mol. The molecule has 0 aromatic heterocycles. The minimum absolute atomic E-state index is 0. The van der Waals surface area contributed by atoms with Crippen LogP contribution in [0.1, 0.15) is 37.8 Å². The van der Waals surface area contributed by atoms with Gasteiger partial charge >= 0.3 is 19.5 Å². The van der Waals surface area contributed by atoms with E-state index in [1.807, 2.05) is 6.92 Å². The van der Waals surface area contributed by atoms with Crippen LogP contribution in [0.25, 0.3) is 0 Å². The molecule has 14 heavy (non-hydrogen) atoms. The van der Waals surface area contributed by atoms with Gasteiger partial charge in [0.2, 0.25) is 0 Å². The summed E-state index contributed by atoms with van der Waals surface area (Å²) in [7, 11) is 0. The predicted octanol–water partition coefficient (Wildman–Crippen LogP) is 4.19. The molecule has 1 aromatic carbocycles. The van der Waals surface area contributed by atoms with Gasteiger partial charge in [0.15, 0.2) is 0 Å². The molecule has 0 aliphatic heterocycles. The van der Waals surface area contributed by atoms with Gasteiger partial charge in [0.25, 0.3) is 0 Å². The van der Waals surface area contributed by atoms with E-state index in [0.717, 1.165) is 6.42 Å². The van der Waals surface area contributed by atoms with Gasteiger partial charge in [-0.05, 0) is 6.92 Å². The molecule has 0 radical (unpaired) electrons. The molecule has 0 aliphatic rings. The van der Waals surface area contributed by atoms with E-state index in [9.17, 15) is 0 Å². The summed E-state index contributed by atoms with van der Waals surface area (Å²) in [5.41, 5.74) is 2.61. The second-order valence-corrected chi connectivity index (χ2v) is 3.05. The number of hydrogen-bond donors (Lipinski definition) is 0. The molecule has 0 spiro atoms. The molecule has 74 valence electrons. The smallest absolute Gasteiger partial charge is 0.343 e. The van der Waals surface area contributed by atoms with E-state index in [-0.39, 0.29) is 19.5 Å². The summed E-state index contributed by atoms with van der Waals surface area (Å²) in [6, 6.07) is 8.48. The van der Waals surface area contributed by atoms with Crippen LogP contribution in [0.4, 0.5) is 0 Å². The van der Waals surface area contributed by atoms with Gasteiger partial charge in [-0.25, -0.2) is 0 Å². The van der Waals surface area contributed by atoms with Crippen molar-refractivity contribution in [3.8, 4) is 0 Å². The minimum atomic E-state index is 0. The van der Waals surface area contributed by atoms with Crippen LogP contribution in [0.3, 0.4) is 0 Å². The molecule has 1 heteroatoms. The maximum absolute atomic E-state index is 3.60. The van der Waals surface area contributed by atoms with E-state index in [2.05, 4.69) is 51.5 Å². The van der Waals surface area contributed by atoms with Crippen molar-refractivity contribution in [2.45, 2.75) is 33.6 Å². The molecule has 0 heterocycles. The Labute approximate surface area is 102 Å². The summed E-state index contributed by atoms with van der Waals surface area (Å²) in [6.45, 7) is 9.87. The monoisotopic (exact) mass is 240 g/mol. The van der Waals surface area contributed by atoms with Crippen molar-refractivity contribution in [2.24, 2.45) is 0 Å².